The van der Waals surface area contributed by atoms with Gasteiger partial charge in [0.05, 0.1) is 11.9 Å². The van der Waals surface area contributed by atoms with E-state index in [4.69, 9.17) is 0 Å². The minimum absolute atomic E-state index is 0.844. The van der Waals surface area contributed by atoms with Gasteiger partial charge in [-0.25, -0.2) is 4.98 Å². The zero-order valence-electron chi connectivity index (χ0n) is 12.4. The number of rotatable bonds is 4. The minimum atomic E-state index is 0.844. The summed E-state index contributed by atoms with van der Waals surface area (Å²) in [5, 5.41) is 5.57. The number of nitrogens with one attached hydrogen (secondary N) is 1. The average Bonchev–Trinajstić information content (AvgIpc) is 2.54. The van der Waals surface area contributed by atoms with Crippen molar-refractivity contribution in [1.29, 1.82) is 0 Å². The van der Waals surface area contributed by atoms with Gasteiger partial charge >= 0.3 is 0 Å². The van der Waals surface area contributed by atoms with Crippen molar-refractivity contribution in [3.63, 3.8) is 0 Å². The Hall–Kier alpha value is -2.55. The molecule has 0 fully saturated rings. The van der Waals surface area contributed by atoms with E-state index in [2.05, 4.69) is 70.8 Å². The summed E-state index contributed by atoms with van der Waals surface area (Å²) in [7, 11) is 4.01. The number of benzene rings is 2. The van der Waals surface area contributed by atoms with Gasteiger partial charge in [0, 0.05) is 31.4 Å². The van der Waals surface area contributed by atoms with Crippen LogP contribution in [0.1, 0.15) is 5.56 Å². The minimum Gasteiger partial charge on any atom is -0.386 e. The van der Waals surface area contributed by atoms with Crippen LogP contribution in [0.2, 0.25) is 0 Å². The third kappa shape index (κ3) is 2.68. The predicted molar refractivity (Wildman–Crippen MR) is 89.8 cm³/mol. The standard InChI is InChI=1S/C18H19N3/c1-19-17-12-20-18(16-11-7-6-10-15(16)17)21(2)13-14-8-4-3-5-9-14/h3-12,19H,13H2,1-2H3. The summed E-state index contributed by atoms with van der Waals surface area (Å²) >= 11 is 0. The van der Waals surface area contributed by atoms with Crippen molar-refractivity contribution in [1.82, 2.24) is 4.98 Å². The Bertz CT molecular complexity index is 738. The van der Waals surface area contributed by atoms with E-state index in [0.29, 0.717) is 0 Å². The fourth-order valence-corrected chi connectivity index (χ4v) is 2.61. The lowest BCUT2D eigenvalue weighted by atomic mass is 10.1. The van der Waals surface area contributed by atoms with Crippen molar-refractivity contribution >= 4 is 22.3 Å². The van der Waals surface area contributed by atoms with E-state index in [0.717, 1.165) is 18.1 Å². The quantitative estimate of drug-likeness (QED) is 0.783. The first-order chi connectivity index (χ1) is 10.3. The first kappa shape index (κ1) is 13.4. The van der Waals surface area contributed by atoms with Gasteiger partial charge in [0.25, 0.3) is 0 Å². The molecule has 0 aliphatic rings. The number of fused-ring (bicyclic) bond motifs is 1. The van der Waals surface area contributed by atoms with Crippen LogP contribution < -0.4 is 10.2 Å². The summed E-state index contributed by atoms with van der Waals surface area (Å²) in [4.78, 5) is 6.83. The van der Waals surface area contributed by atoms with Crippen LogP contribution in [-0.4, -0.2) is 19.1 Å². The Balaban J connectivity index is 2.00. The van der Waals surface area contributed by atoms with Gasteiger partial charge in [0.1, 0.15) is 5.82 Å². The molecule has 1 heterocycles. The summed E-state index contributed by atoms with van der Waals surface area (Å²) in [6.45, 7) is 0.844. The molecular weight excluding hydrogens is 258 g/mol. The summed E-state index contributed by atoms with van der Waals surface area (Å²) in [5.41, 5.74) is 2.34. The Morgan fingerprint density at radius 2 is 1.62 bits per heavy atom. The number of hydrogen-bond acceptors (Lipinski definition) is 3. The molecule has 0 saturated carbocycles. The van der Waals surface area contributed by atoms with E-state index < -0.39 is 0 Å². The molecule has 0 amide bonds. The lowest BCUT2D eigenvalue weighted by molar-refractivity contribution is 0.905. The van der Waals surface area contributed by atoms with E-state index in [1.165, 1.54) is 16.3 Å². The second kappa shape index (κ2) is 5.83. The highest BCUT2D eigenvalue weighted by Gasteiger charge is 2.10. The van der Waals surface area contributed by atoms with Crippen LogP contribution >= 0.6 is 0 Å². The molecule has 0 radical (unpaired) electrons. The highest BCUT2D eigenvalue weighted by atomic mass is 15.2. The first-order valence-electron chi connectivity index (χ1n) is 7.10. The van der Waals surface area contributed by atoms with Crippen LogP contribution in [0.4, 0.5) is 11.5 Å². The molecule has 0 aliphatic carbocycles. The lowest BCUT2D eigenvalue weighted by Crippen LogP contribution is -2.18. The van der Waals surface area contributed by atoms with Crippen molar-refractivity contribution in [3.05, 3.63) is 66.4 Å². The van der Waals surface area contributed by atoms with Gasteiger partial charge in [0.15, 0.2) is 0 Å². The van der Waals surface area contributed by atoms with Crippen molar-refractivity contribution in [2.45, 2.75) is 6.54 Å². The van der Waals surface area contributed by atoms with Gasteiger partial charge in [-0.2, -0.15) is 0 Å². The average molecular weight is 277 g/mol. The van der Waals surface area contributed by atoms with Crippen LogP contribution in [-0.2, 0) is 6.54 Å². The molecule has 0 spiro atoms. The molecule has 0 atom stereocenters. The van der Waals surface area contributed by atoms with Gasteiger partial charge in [-0.15, -0.1) is 0 Å². The molecule has 106 valence electrons. The topological polar surface area (TPSA) is 28.2 Å². The Kier molecular flexibility index (Phi) is 3.73. The third-order valence-corrected chi connectivity index (χ3v) is 3.67. The molecule has 0 aliphatic heterocycles. The van der Waals surface area contributed by atoms with Crippen LogP contribution in [0.3, 0.4) is 0 Å². The molecule has 3 nitrogen and oxygen atoms in total. The highest BCUT2D eigenvalue weighted by molar-refractivity contribution is 6.00. The van der Waals surface area contributed by atoms with Gasteiger partial charge < -0.3 is 10.2 Å². The van der Waals surface area contributed by atoms with Crippen LogP contribution in [0, 0.1) is 0 Å². The molecule has 3 rings (SSSR count). The maximum Gasteiger partial charge on any atom is 0.136 e. The third-order valence-electron chi connectivity index (χ3n) is 3.67. The summed E-state index contributed by atoms with van der Waals surface area (Å²) < 4.78 is 0. The number of aromatic nitrogens is 1. The molecular formula is C18H19N3. The molecule has 0 unspecified atom stereocenters. The van der Waals surface area contributed by atoms with Gasteiger partial charge in [-0.1, -0.05) is 54.6 Å². The number of anilines is 2. The predicted octanol–water partition coefficient (Wildman–Crippen LogP) is 3.91. The zero-order valence-corrected chi connectivity index (χ0v) is 12.4. The Morgan fingerprint density at radius 1 is 0.952 bits per heavy atom. The SMILES string of the molecule is CNc1cnc(N(C)Cc2ccccc2)c2ccccc12. The molecule has 0 saturated heterocycles. The summed E-state index contributed by atoms with van der Waals surface area (Å²) in [5.74, 6) is 1.01. The van der Waals surface area contributed by atoms with E-state index in [1.54, 1.807) is 0 Å². The fourth-order valence-electron chi connectivity index (χ4n) is 2.61. The second-order valence-electron chi connectivity index (χ2n) is 5.13. The summed E-state index contributed by atoms with van der Waals surface area (Å²) in [6.07, 6.45) is 1.90. The molecule has 3 aromatic rings. The fraction of sp³-hybridized carbons (Fsp3) is 0.167. The Labute approximate surface area is 125 Å². The maximum absolute atomic E-state index is 4.64. The highest BCUT2D eigenvalue weighted by Crippen LogP contribution is 2.29. The van der Waals surface area contributed by atoms with E-state index >= 15 is 0 Å². The normalized spacial score (nSPS) is 10.6. The monoisotopic (exact) mass is 277 g/mol. The van der Waals surface area contributed by atoms with E-state index in [1.807, 2.05) is 19.3 Å². The van der Waals surface area contributed by atoms with Gasteiger partial charge in [0.2, 0.25) is 0 Å². The van der Waals surface area contributed by atoms with Crippen molar-refractivity contribution in [2.75, 3.05) is 24.3 Å². The zero-order chi connectivity index (χ0) is 14.7. The van der Waals surface area contributed by atoms with Crippen molar-refractivity contribution in [3.8, 4) is 0 Å². The van der Waals surface area contributed by atoms with Gasteiger partial charge in [-0.05, 0) is 5.56 Å². The van der Waals surface area contributed by atoms with Crippen molar-refractivity contribution in [2.24, 2.45) is 0 Å². The smallest absolute Gasteiger partial charge is 0.136 e. The molecule has 0 bridgehead atoms. The second-order valence-corrected chi connectivity index (χ2v) is 5.13. The maximum atomic E-state index is 4.64. The van der Waals surface area contributed by atoms with Crippen molar-refractivity contribution < 1.29 is 0 Å². The van der Waals surface area contributed by atoms with E-state index in [9.17, 15) is 0 Å². The number of nitrogens with zero attached hydrogens (tertiary/aromatic N) is 2. The van der Waals surface area contributed by atoms with Crippen LogP contribution in [0.25, 0.3) is 10.8 Å². The number of hydrogen-bond donors (Lipinski definition) is 1. The van der Waals surface area contributed by atoms with Crippen LogP contribution in [0.15, 0.2) is 60.8 Å². The van der Waals surface area contributed by atoms with E-state index in [-0.39, 0.29) is 0 Å². The molecule has 1 aromatic heterocycles. The Morgan fingerprint density at radius 3 is 2.33 bits per heavy atom. The lowest BCUT2D eigenvalue weighted by Gasteiger charge is -2.21. The molecule has 3 heteroatoms. The molecule has 1 N–H and O–H groups in total. The molecule has 2 aromatic carbocycles. The number of pyridine rings is 1. The van der Waals surface area contributed by atoms with Crippen LogP contribution in [0.5, 0.6) is 0 Å². The molecule has 21 heavy (non-hydrogen) atoms. The largest absolute Gasteiger partial charge is 0.386 e. The summed E-state index contributed by atoms with van der Waals surface area (Å²) in [6, 6.07) is 18.8. The first-order valence-corrected chi connectivity index (χ1v) is 7.10. The van der Waals surface area contributed by atoms with Gasteiger partial charge in [-0.3, -0.25) is 0 Å².